The Morgan fingerprint density at radius 1 is 0.947 bits per heavy atom. The van der Waals surface area contributed by atoms with Crippen molar-refractivity contribution in [2.24, 2.45) is 5.10 Å². The summed E-state index contributed by atoms with van der Waals surface area (Å²) in [5, 5.41) is 17.0. The zero-order chi connectivity index (χ0) is 26.9. The predicted molar refractivity (Wildman–Crippen MR) is 152 cm³/mol. The Kier molecular flexibility index (Phi) is 8.89. The molecule has 192 valence electrons. The van der Waals surface area contributed by atoms with Crippen LogP contribution < -0.4 is 15.5 Å². The number of ether oxygens (including phenoxy) is 1. The zero-order valence-corrected chi connectivity index (χ0v) is 22.2. The summed E-state index contributed by atoms with van der Waals surface area (Å²) in [7, 11) is 0. The highest BCUT2D eigenvalue weighted by Crippen LogP contribution is 2.35. The number of benzene rings is 4. The molecule has 0 radical (unpaired) electrons. The SMILES string of the molecule is CCOc1cc(/C=N\NC(=O)c2ccc(NC(=O)C(c3ccccc3)c3ccccc3)cc2)cc(Br)c1O. The van der Waals surface area contributed by atoms with E-state index in [1.165, 1.54) is 6.21 Å². The van der Waals surface area contributed by atoms with Crippen molar-refractivity contribution in [3.63, 3.8) is 0 Å². The number of hydrogen-bond acceptors (Lipinski definition) is 5. The Morgan fingerprint density at radius 3 is 2.13 bits per heavy atom. The van der Waals surface area contributed by atoms with Crippen molar-refractivity contribution in [1.29, 1.82) is 0 Å². The number of anilines is 1. The van der Waals surface area contributed by atoms with Gasteiger partial charge in [-0.25, -0.2) is 5.43 Å². The highest BCUT2D eigenvalue weighted by Gasteiger charge is 2.22. The molecule has 0 heterocycles. The minimum absolute atomic E-state index is 0.000857. The average molecular weight is 572 g/mol. The quantitative estimate of drug-likeness (QED) is 0.167. The van der Waals surface area contributed by atoms with Gasteiger partial charge in [-0.05, 0) is 75.9 Å². The van der Waals surface area contributed by atoms with E-state index in [9.17, 15) is 14.7 Å². The van der Waals surface area contributed by atoms with E-state index >= 15 is 0 Å². The van der Waals surface area contributed by atoms with Gasteiger partial charge < -0.3 is 15.2 Å². The molecule has 3 N–H and O–H groups in total. The molecule has 0 aliphatic carbocycles. The zero-order valence-electron chi connectivity index (χ0n) is 20.6. The van der Waals surface area contributed by atoms with Crippen LogP contribution in [0.15, 0.2) is 107 Å². The minimum atomic E-state index is -0.474. The molecule has 4 aromatic carbocycles. The molecule has 7 nitrogen and oxygen atoms in total. The van der Waals surface area contributed by atoms with Crippen LogP contribution in [0.4, 0.5) is 5.69 Å². The normalized spacial score (nSPS) is 10.9. The van der Waals surface area contributed by atoms with Crippen molar-refractivity contribution >= 4 is 39.6 Å². The van der Waals surface area contributed by atoms with E-state index < -0.39 is 11.8 Å². The van der Waals surface area contributed by atoms with Gasteiger partial charge in [0.15, 0.2) is 11.5 Å². The summed E-state index contributed by atoms with van der Waals surface area (Å²) >= 11 is 3.27. The van der Waals surface area contributed by atoms with Crippen molar-refractivity contribution in [2.75, 3.05) is 11.9 Å². The summed E-state index contributed by atoms with van der Waals surface area (Å²) in [4.78, 5) is 25.8. The van der Waals surface area contributed by atoms with Crippen LogP contribution in [0.5, 0.6) is 11.5 Å². The van der Waals surface area contributed by atoms with Crippen LogP contribution in [0.2, 0.25) is 0 Å². The van der Waals surface area contributed by atoms with Gasteiger partial charge in [0.05, 0.1) is 23.2 Å². The van der Waals surface area contributed by atoms with E-state index in [0.717, 1.165) is 11.1 Å². The largest absolute Gasteiger partial charge is 0.503 e. The first-order valence-corrected chi connectivity index (χ1v) is 12.7. The number of hydrazone groups is 1. The maximum atomic E-state index is 13.3. The molecule has 8 heteroatoms. The number of aromatic hydroxyl groups is 1. The molecular weight excluding hydrogens is 546 g/mol. The molecule has 0 aromatic heterocycles. The lowest BCUT2D eigenvalue weighted by Crippen LogP contribution is -2.22. The maximum Gasteiger partial charge on any atom is 0.271 e. The van der Waals surface area contributed by atoms with E-state index in [2.05, 4.69) is 31.8 Å². The number of carbonyl (C=O) groups is 2. The molecule has 2 amide bonds. The standard InChI is InChI=1S/C30H26BrN3O4/c1-2-38-26-18-20(17-25(31)28(26)35)19-32-34-29(36)23-13-15-24(16-14-23)33-30(37)27(21-9-5-3-6-10-21)22-11-7-4-8-12-22/h3-19,27,35H,2H2,1H3,(H,33,37)(H,34,36)/b32-19-. The monoisotopic (exact) mass is 571 g/mol. The lowest BCUT2D eigenvalue weighted by atomic mass is 9.90. The summed E-state index contributed by atoms with van der Waals surface area (Å²) in [5.41, 5.74) is 5.84. The molecule has 4 rings (SSSR count). The van der Waals surface area contributed by atoms with Crippen molar-refractivity contribution in [3.05, 3.63) is 124 Å². The third kappa shape index (κ3) is 6.66. The topological polar surface area (TPSA) is 100 Å². The van der Waals surface area contributed by atoms with Crippen molar-refractivity contribution in [1.82, 2.24) is 5.43 Å². The van der Waals surface area contributed by atoms with E-state index in [1.807, 2.05) is 67.6 Å². The Morgan fingerprint density at radius 2 is 1.55 bits per heavy atom. The van der Waals surface area contributed by atoms with Gasteiger partial charge in [-0.2, -0.15) is 5.10 Å². The first-order valence-electron chi connectivity index (χ1n) is 12.0. The highest BCUT2D eigenvalue weighted by atomic mass is 79.9. The van der Waals surface area contributed by atoms with Crippen LogP contribution in [-0.4, -0.2) is 29.7 Å². The minimum Gasteiger partial charge on any atom is -0.503 e. The number of hydrogen-bond donors (Lipinski definition) is 3. The van der Waals surface area contributed by atoms with E-state index in [1.54, 1.807) is 36.4 Å². The predicted octanol–water partition coefficient (Wildman–Crippen LogP) is 6.09. The Labute approximate surface area is 229 Å². The van der Waals surface area contributed by atoms with Crippen LogP contribution in [0, 0.1) is 0 Å². The number of carbonyl (C=O) groups excluding carboxylic acids is 2. The Balaban J connectivity index is 1.41. The molecule has 0 aliphatic rings. The Bertz CT molecular complexity index is 1390. The van der Waals surface area contributed by atoms with Crippen molar-refractivity contribution < 1.29 is 19.4 Å². The smallest absolute Gasteiger partial charge is 0.271 e. The number of phenolic OH excluding ortho intramolecular Hbond substituents is 1. The molecule has 4 aromatic rings. The van der Waals surface area contributed by atoms with Gasteiger partial charge in [0.1, 0.15) is 0 Å². The number of phenols is 1. The molecule has 0 saturated heterocycles. The van der Waals surface area contributed by atoms with E-state index in [0.29, 0.717) is 33.6 Å². The fourth-order valence-electron chi connectivity index (χ4n) is 3.87. The molecule has 0 spiro atoms. The van der Waals surface area contributed by atoms with E-state index in [4.69, 9.17) is 4.74 Å². The van der Waals surface area contributed by atoms with Gasteiger partial charge in [-0.15, -0.1) is 0 Å². The third-order valence-electron chi connectivity index (χ3n) is 5.67. The molecule has 0 bridgehead atoms. The lowest BCUT2D eigenvalue weighted by molar-refractivity contribution is -0.116. The maximum absolute atomic E-state index is 13.3. The number of amides is 2. The number of halogens is 1. The van der Waals surface area contributed by atoms with Gasteiger partial charge in [-0.1, -0.05) is 60.7 Å². The van der Waals surface area contributed by atoms with Crippen LogP contribution in [0.25, 0.3) is 0 Å². The summed E-state index contributed by atoms with van der Waals surface area (Å²) in [6, 6.07) is 29.0. The van der Waals surface area contributed by atoms with Gasteiger partial charge in [-0.3, -0.25) is 9.59 Å². The van der Waals surface area contributed by atoms with Crippen molar-refractivity contribution in [3.8, 4) is 11.5 Å². The van der Waals surface area contributed by atoms with Crippen LogP contribution in [0.1, 0.15) is 39.9 Å². The lowest BCUT2D eigenvalue weighted by Gasteiger charge is -2.18. The van der Waals surface area contributed by atoms with Crippen molar-refractivity contribution in [2.45, 2.75) is 12.8 Å². The summed E-state index contributed by atoms with van der Waals surface area (Å²) in [6.07, 6.45) is 1.45. The molecule has 38 heavy (non-hydrogen) atoms. The van der Waals surface area contributed by atoms with Gasteiger partial charge in [0.2, 0.25) is 5.91 Å². The first-order chi connectivity index (χ1) is 18.5. The van der Waals surface area contributed by atoms with Gasteiger partial charge in [0, 0.05) is 11.3 Å². The fourth-order valence-corrected chi connectivity index (χ4v) is 4.33. The summed E-state index contributed by atoms with van der Waals surface area (Å²) in [6.45, 7) is 2.21. The molecule has 0 aliphatic heterocycles. The summed E-state index contributed by atoms with van der Waals surface area (Å²) < 4.78 is 5.85. The molecule has 0 saturated carbocycles. The second-order valence-corrected chi connectivity index (χ2v) is 9.16. The second kappa shape index (κ2) is 12.7. The molecule has 0 fully saturated rings. The third-order valence-corrected chi connectivity index (χ3v) is 6.28. The van der Waals surface area contributed by atoms with Crippen LogP contribution >= 0.6 is 15.9 Å². The second-order valence-electron chi connectivity index (χ2n) is 8.30. The molecule has 0 atom stereocenters. The fraction of sp³-hybridized carbons (Fsp3) is 0.100. The first kappa shape index (κ1) is 26.6. The molecular formula is C30H26BrN3O4. The Hall–Kier alpha value is -4.43. The van der Waals surface area contributed by atoms with Gasteiger partial charge >= 0.3 is 0 Å². The van der Waals surface area contributed by atoms with Crippen LogP contribution in [-0.2, 0) is 4.79 Å². The highest BCUT2D eigenvalue weighted by molar-refractivity contribution is 9.10. The van der Waals surface area contributed by atoms with Crippen LogP contribution in [0.3, 0.4) is 0 Å². The summed E-state index contributed by atoms with van der Waals surface area (Å²) in [5.74, 6) is -0.741. The van der Waals surface area contributed by atoms with Gasteiger partial charge in [0.25, 0.3) is 5.91 Å². The molecule has 0 unspecified atom stereocenters. The van der Waals surface area contributed by atoms with E-state index in [-0.39, 0.29) is 11.7 Å². The average Bonchev–Trinajstić information content (AvgIpc) is 2.93. The number of nitrogens with one attached hydrogen (secondary N) is 2. The number of nitrogens with zero attached hydrogens (tertiary/aromatic N) is 1. The number of rotatable bonds is 9.